The number of phenols is 1. The summed E-state index contributed by atoms with van der Waals surface area (Å²) in [5.41, 5.74) is 3.46. The monoisotopic (exact) mass is 762 g/mol. The minimum Gasteiger partial charge on any atom is -0.508 e. The van der Waals surface area contributed by atoms with E-state index in [1.165, 1.54) is 35.9 Å². The fraction of sp³-hybridized carbons (Fsp3) is 0.432. The fourth-order valence-corrected chi connectivity index (χ4v) is 11.1. The number of nitrogens with zero attached hydrogens (tertiary/aromatic N) is 1. The normalized spacial score (nSPS) is 29.0. The van der Waals surface area contributed by atoms with Crippen LogP contribution in [0.2, 0.25) is 0 Å². The largest absolute Gasteiger partial charge is 0.508 e. The number of benzene rings is 3. The number of aromatic carboxylic acids is 1. The van der Waals surface area contributed by atoms with Gasteiger partial charge in [0.1, 0.15) is 23.7 Å². The first-order valence-electron chi connectivity index (χ1n) is 19.3. The molecule has 12 nitrogen and oxygen atoms in total. The van der Waals surface area contributed by atoms with Crippen LogP contribution in [0.25, 0.3) is 33.4 Å². The van der Waals surface area contributed by atoms with E-state index in [0.29, 0.717) is 52.3 Å². The number of carbonyl (C=O) groups is 3. The van der Waals surface area contributed by atoms with Crippen molar-refractivity contribution in [3.05, 3.63) is 87.6 Å². The van der Waals surface area contributed by atoms with Crippen LogP contribution in [-0.2, 0) is 21.0 Å². The minimum absolute atomic E-state index is 0.0159. The Hall–Kier alpha value is -5.33. The number of hydrogen-bond acceptors (Lipinski definition) is 10. The molecule has 3 fully saturated rings. The molecule has 5 unspecified atom stereocenters. The molecule has 1 amide bonds. The molecule has 0 radical (unpaired) electrons. The predicted octanol–water partition coefficient (Wildman–Crippen LogP) is 6.07. The molecule has 12 heteroatoms. The molecule has 2 aromatic carbocycles. The number of phenolic OH excluding ortho intramolecular Hbond substituents is 1. The number of amides is 1. The number of fused-ring (bicyclic) bond motifs is 7. The SMILES string of the molecule is CC12CC/C(=N\OCC(=O)NCc3ccc(-c4c5ccc(=O)cc-5oc5cc(O)ccc45)c(C(=O)O)c3)C=C1CCC1C2[C@@H](O)C[C@]2(C)C(C(=O)CO)CCC12. The summed E-state index contributed by atoms with van der Waals surface area (Å²) >= 11 is 0. The van der Waals surface area contributed by atoms with E-state index in [2.05, 4.69) is 30.4 Å². The molecule has 0 bridgehead atoms. The molecule has 6 aliphatic rings. The van der Waals surface area contributed by atoms with E-state index in [4.69, 9.17) is 9.25 Å². The van der Waals surface area contributed by atoms with Gasteiger partial charge in [0.25, 0.3) is 5.91 Å². The maximum atomic E-state index is 12.8. The Kier molecular flexibility index (Phi) is 9.61. The van der Waals surface area contributed by atoms with Gasteiger partial charge in [-0.25, -0.2) is 4.79 Å². The van der Waals surface area contributed by atoms with Crippen LogP contribution in [0.4, 0.5) is 0 Å². The van der Waals surface area contributed by atoms with Crippen molar-refractivity contribution in [2.75, 3.05) is 13.2 Å². The van der Waals surface area contributed by atoms with Crippen molar-refractivity contribution in [3.63, 3.8) is 0 Å². The maximum absolute atomic E-state index is 12.8. The number of hydrogen-bond donors (Lipinski definition) is 5. The van der Waals surface area contributed by atoms with E-state index in [9.17, 15) is 39.6 Å². The number of oxime groups is 1. The van der Waals surface area contributed by atoms with Crippen molar-refractivity contribution in [1.82, 2.24) is 5.32 Å². The molecule has 292 valence electrons. The molecule has 1 heterocycles. The lowest BCUT2D eigenvalue weighted by atomic mass is 9.46. The number of rotatable bonds is 9. The molecule has 2 aromatic rings. The highest BCUT2D eigenvalue weighted by Gasteiger charge is 2.62. The van der Waals surface area contributed by atoms with E-state index >= 15 is 0 Å². The van der Waals surface area contributed by atoms with Crippen molar-refractivity contribution < 1.29 is 44.1 Å². The number of ketones is 1. The van der Waals surface area contributed by atoms with Crippen LogP contribution in [0.3, 0.4) is 0 Å². The average molecular weight is 763 g/mol. The number of aromatic hydroxyl groups is 1. The molecule has 0 spiro atoms. The second-order valence-electron chi connectivity index (χ2n) is 16.6. The van der Waals surface area contributed by atoms with E-state index in [1.807, 2.05) is 0 Å². The minimum atomic E-state index is -1.18. The summed E-state index contributed by atoms with van der Waals surface area (Å²) < 4.78 is 5.91. The third-order valence-corrected chi connectivity index (χ3v) is 13.6. The Morgan fingerprint density at radius 1 is 1.00 bits per heavy atom. The van der Waals surface area contributed by atoms with Crippen LogP contribution >= 0.6 is 0 Å². The van der Waals surface area contributed by atoms with Gasteiger partial charge >= 0.3 is 5.97 Å². The second kappa shape index (κ2) is 14.3. The Morgan fingerprint density at radius 2 is 1.80 bits per heavy atom. The number of nitrogens with one attached hydrogen (secondary N) is 1. The Bertz CT molecular complexity index is 2350. The summed E-state index contributed by atoms with van der Waals surface area (Å²) in [4.78, 5) is 55.7. The van der Waals surface area contributed by atoms with Gasteiger partial charge < -0.3 is 35.0 Å². The summed E-state index contributed by atoms with van der Waals surface area (Å²) in [6, 6.07) is 13.7. The number of Topliss-reactive ketones (excluding diaryl/α,β-unsaturated/α-hetero) is 1. The third kappa shape index (κ3) is 6.38. The second-order valence-corrected chi connectivity index (χ2v) is 16.6. The lowest BCUT2D eigenvalue weighted by Gasteiger charge is -2.59. The molecule has 56 heavy (non-hydrogen) atoms. The lowest BCUT2D eigenvalue weighted by molar-refractivity contribution is -0.144. The molecular formula is C44H46N2O10. The van der Waals surface area contributed by atoms with Crippen LogP contribution in [0.5, 0.6) is 5.75 Å². The standard InChI is InChI=1S/C44H46N2O10/c1-43-14-13-25(16-24(43)4-8-29-33-11-12-34(36(51)21-47)44(33,2)19-35(50)41(29)43)46-55-22-39(52)45-20-23-3-7-28(32(15-23)42(53)54)40-30-9-5-26(48)17-37(30)56-38-18-27(49)6-10-31(38)40/h3,5-7,9-10,15-18,29,33-35,41,47-48,50H,4,8,11-14,19-22H2,1-2H3,(H,45,52)(H,53,54)/b46-25+/t29?,33?,34?,35-,41?,43?,44-/m0/s1. The van der Waals surface area contributed by atoms with Crippen LogP contribution < -0.4 is 10.7 Å². The van der Waals surface area contributed by atoms with Crippen LogP contribution in [0, 0.1) is 34.5 Å². The van der Waals surface area contributed by atoms with Crippen molar-refractivity contribution >= 4 is 34.3 Å². The molecule has 0 saturated heterocycles. The van der Waals surface area contributed by atoms with Gasteiger partial charge in [-0.1, -0.05) is 36.7 Å². The molecule has 0 aromatic heterocycles. The molecule has 1 aliphatic heterocycles. The zero-order valence-corrected chi connectivity index (χ0v) is 31.4. The quantitative estimate of drug-likeness (QED) is 0.0987. The highest BCUT2D eigenvalue weighted by Crippen LogP contribution is 2.66. The molecule has 3 saturated carbocycles. The number of aliphatic hydroxyl groups is 2. The summed E-state index contributed by atoms with van der Waals surface area (Å²) in [7, 11) is 0. The van der Waals surface area contributed by atoms with Gasteiger partial charge in [0, 0.05) is 41.1 Å². The number of allylic oxidation sites excluding steroid dienone is 2. The van der Waals surface area contributed by atoms with Crippen molar-refractivity contribution in [3.8, 4) is 28.2 Å². The predicted molar refractivity (Wildman–Crippen MR) is 207 cm³/mol. The van der Waals surface area contributed by atoms with Crippen LogP contribution in [-0.4, -0.2) is 63.1 Å². The average Bonchev–Trinajstić information content (AvgIpc) is 3.51. The van der Waals surface area contributed by atoms with Crippen molar-refractivity contribution in [2.45, 2.75) is 71.4 Å². The zero-order valence-electron chi connectivity index (χ0n) is 31.4. The van der Waals surface area contributed by atoms with E-state index in [-0.39, 0.29) is 69.7 Å². The Morgan fingerprint density at radius 3 is 2.59 bits per heavy atom. The third-order valence-electron chi connectivity index (χ3n) is 13.6. The summed E-state index contributed by atoms with van der Waals surface area (Å²) in [6.45, 7) is 3.66. The highest BCUT2D eigenvalue weighted by molar-refractivity contribution is 6.07. The smallest absolute Gasteiger partial charge is 0.336 e. The number of carboxylic acid groups (broad SMARTS) is 1. The number of aliphatic hydroxyl groups excluding tert-OH is 2. The highest BCUT2D eigenvalue weighted by atomic mass is 16.6. The first-order valence-corrected chi connectivity index (χ1v) is 19.3. The van der Waals surface area contributed by atoms with Gasteiger partial charge in [0.2, 0.25) is 0 Å². The fourth-order valence-electron chi connectivity index (χ4n) is 11.1. The van der Waals surface area contributed by atoms with Gasteiger partial charge in [-0.05, 0) is 121 Å². The van der Waals surface area contributed by atoms with Crippen LogP contribution in [0.1, 0.15) is 74.7 Å². The van der Waals surface area contributed by atoms with E-state index in [0.717, 1.165) is 37.8 Å². The molecule has 8 rings (SSSR count). The first kappa shape index (κ1) is 37.6. The van der Waals surface area contributed by atoms with Gasteiger partial charge in [-0.15, -0.1) is 0 Å². The summed E-state index contributed by atoms with van der Waals surface area (Å²) in [5.74, 6) is -0.986. The van der Waals surface area contributed by atoms with E-state index < -0.39 is 24.6 Å². The van der Waals surface area contributed by atoms with Gasteiger partial charge in [-0.3, -0.25) is 14.4 Å². The topological polar surface area (TPSA) is 196 Å². The van der Waals surface area contributed by atoms with Crippen molar-refractivity contribution in [1.29, 1.82) is 0 Å². The van der Waals surface area contributed by atoms with E-state index in [1.54, 1.807) is 24.3 Å². The van der Waals surface area contributed by atoms with Crippen molar-refractivity contribution in [2.24, 2.45) is 39.7 Å². The molecule has 5 N–H and O–H groups in total. The molecule has 7 atom stereocenters. The Labute approximate surface area is 323 Å². The number of carbonyl (C=O) groups excluding carboxylic acids is 2. The Balaban J connectivity index is 0.931. The summed E-state index contributed by atoms with van der Waals surface area (Å²) in [5, 5.41) is 49.2. The van der Waals surface area contributed by atoms with Gasteiger partial charge in [0.05, 0.1) is 17.4 Å². The number of carboxylic acids is 1. The summed E-state index contributed by atoms with van der Waals surface area (Å²) in [6.07, 6.45) is 7.02. The molecule has 5 aliphatic carbocycles. The van der Waals surface area contributed by atoms with Gasteiger partial charge in [-0.2, -0.15) is 0 Å². The first-order chi connectivity index (χ1) is 26.8. The molecular weight excluding hydrogens is 716 g/mol. The maximum Gasteiger partial charge on any atom is 0.336 e. The lowest BCUT2D eigenvalue weighted by Crippen LogP contribution is -2.57. The zero-order chi connectivity index (χ0) is 39.5. The van der Waals surface area contributed by atoms with Crippen LogP contribution in [0.15, 0.2) is 80.6 Å². The van der Waals surface area contributed by atoms with Gasteiger partial charge in [0.15, 0.2) is 17.8 Å².